The molecule has 2 aromatic rings. The molecule has 22 heavy (non-hydrogen) atoms. The lowest BCUT2D eigenvalue weighted by molar-refractivity contribution is -0.117. The Morgan fingerprint density at radius 1 is 1.36 bits per heavy atom. The van der Waals surface area contributed by atoms with Crippen LogP contribution in [0.2, 0.25) is 0 Å². The van der Waals surface area contributed by atoms with E-state index in [1.165, 1.54) is 17.5 Å². The molecule has 0 fully saturated rings. The summed E-state index contributed by atoms with van der Waals surface area (Å²) in [7, 11) is 0. The molecule has 0 aliphatic heterocycles. The van der Waals surface area contributed by atoms with Crippen molar-refractivity contribution in [1.82, 2.24) is 10.3 Å². The van der Waals surface area contributed by atoms with Gasteiger partial charge in [0, 0.05) is 17.6 Å². The number of nitrogens with zero attached hydrogens (tertiary/aromatic N) is 2. The predicted molar refractivity (Wildman–Crippen MR) is 87.2 cm³/mol. The van der Waals surface area contributed by atoms with Gasteiger partial charge in [-0.25, -0.2) is 4.98 Å². The number of aryl methyl sites for hydroxylation is 2. The lowest BCUT2D eigenvalue weighted by Crippen LogP contribution is -2.24. The van der Waals surface area contributed by atoms with E-state index in [1.54, 1.807) is 0 Å². The van der Waals surface area contributed by atoms with Crippen LogP contribution in [0.5, 0.6) is 0 Å². The molecule has 0 saturated carbocycles. The molecule has 1 aromatic heterocycles. The second-order valence-electron chi connectivity index (χ2n) is 4.64. The normalized spacial score (nSPS) is 10.9. The fraction of sp³-hybridized carbons (Fsp3) is 0.188. The molecule has 0 aliphatic carbocycles. The molecule has 2 rings (SSSR count). The predicted octanol–water partition coefficient (Wildman–Crippen LogP) is 2.90. The first-order valence-corrected chi connectivity index (χ1v) is 7.54. The minimum absolute atomic E-state index is 0.0152. The summed E-state index contributed by atoms with van der Waals surface area (Å²) in [5.41, 5.74) is 1.93. The van der Waals surface area contributed by atoms with E-state index in [1.807, 2.05) is 50.2 Å². The lowest BCUT2D eigenvalue weighted by atomic mass is 10.2. The minimum atomic E-state index is -0.413. The monoisotopic (exact) mass is 312 g/mol. The van der Waals surface area contributed by atoms with Gasteiger partial charge < -0.3 is 10.6 Å². The highest BCUT2D eigenvalue weighted by Gasteiger charge is 2.09. The molecule has 1 amide bonds. The Morgan fingerprint density at radius 2 is 2.09 bits per heavy atom. The largest absolute Gasteiger partial charge is 0.347 e. The molecule has 6 heteroatoms. The van der Waals surface area contributed by atoms with Crippen molar-refractivity contribution >= 4 is 22.4 Å². The maximum Gasteiger partial charge on any atom is 0.263 e. The average Bonchev–Trinajstić information content (AvgIpc) is 2.85. The molecule has 0 aliphatic rings. The van der Waals surface area contributed by atoms with Gasteiger partial charge in [0.05, 0.1) is 5.69 Å². The van der Waals surface area contributed by atoms with Crippen LogP contribution in [0.25, 0.3) is 0 Å². The van der Waals surface area contributed by atoms with Crippen molar-refractivity contribution < 1.29 is 4.79 Å². The summed E-state index contributed by atoms with van der Waals surface area (Å²) in [6.45, 7) is 4.27. The molecule has 112 valence electrons. The standard InChI is InChI=1S/C16H16N4OS/c1-11-12(2)22-16(20-11)19-10-14(8-17)15(21)18-9-13-6-4-3-5-7-13/h3-7,10H,9H2,1-2H3,(H,18,21)(H,19,20)/b14-10-. The SMILES string of the molecule is Cc1nc(N/C=C(/C#N)C(=O)NCc2ccccc2)sc1C. The molecule has 1 aromatic carbocycles. The summed E-state index contributed by atoms with van der Waals surface area (Å²) in [5, 5.41) is 15.4. The maximum absolute atomic E-state index is 12.0. The molecule has 0 unspecified atom stereocenters. The van der Waals surface area contributed by atoms with Crippen LogP contribution in [0, 0.1) is 25.2 Å². The zero-order valence-electron chi connectivity index (χ0n) is 12.4. The highest BCUT2D eigenvalue weighted by Crippen LogP contribution is 2.21. The van der Waals surface area contributed by atoms with Gasteiger partial charge in [-0.1, -0.05) is 30.3 Å². The zero-order valence-corrected chi connectivity index (χ0v) is 13.2. The van der Waals surface area contributed by atoms with Crippen molar-refractivity contribution in [3.05, 3.63) is 58.2 Å². The third kappa shape index (κ3) is 4.17. The van der Waals surface area contributed by atoms with E-state index in [2.05, 4.69) is 15.6 Å². The van der Waals surface area contributed by atoms with Crippen molar-refractivity contribution in [3.63, 3.8) is 0 Å². The molecule has 1 heterocycles. The van der Waals surface area contributed by atoms with Gasteiger partial charge in [0.15, 0.2) is 5.13 Å². The highest BCUT2D eigenvalue weighted by atomic mass is 32.1. The van der Waals surface area contributed by atoms with Crippen LogP contribution < -0.4 is 10.6 Å². The third-order valence-electron chi connectivity index (χ3n) is 3.03. The number of thiazole rings is 1. The maximum atomic E-state index is 12.0. The van der Waals surface area contributed by atoms with E-state index in [9.17, 15) is 4.79 Å². The molecule has 0 bridgehead atoms. The van der Waals surface area contributed by atoms with Crippen molar-refractivity contribution in [2.45, 2.75) is 20.4 Å². The fourth-order valence-electron chi connectivity index (χ4n) is 1.69. The van der Waals surface area contributed by atoms with E-state index in [0.717, 1.165) is 16.1 Å². The first-order chi connectivity index (χ1) is 10.6. The number of amides is 1. The van der Waals surface area contributed by atoms with Crippen LogP contribution in [-0.2, 0) is 11.3 Å². The van der Waals surface area contributed by atoms with Crippen LogP contribution in [-0.4, -0.2) is 10.9 Å². The Kier molecular flexibility index (Phi) is 5.28. The Bertz CT molecular complexity index is 709. The Hall–Kier alpha value is -2.65. The summed E-state index contributed by atoms with van der Waals surface area (Å²) in [4.78, 5) is 17.4. The van der Waals surface area contributed by atoms with Gasteiger partial charge in [-0.15, -0.1) is 11.3 Å². The van der Waals surface area contributed by atoms with E-state index >= 15 is 0 Å². The van der Waals surface area contributed by atoms with Crippen molar-refractivity contribution in [2.75, 3.05) is 5.32 Å². The Labute approximate surface area is 133 Å². The summed E-state index contributed by atoms with van der Waals surface area (Å²) in [5.74, 6) is -0.413. The summed E-state index contributed by atoms with van der Waals surface area (Å²) < 4.78 is 0. The molecule has 2 N–H and O–H groups in total. The Balaban J connectivity index is 1.96. The molecule has 0 spiro atoms. The van der Waals surface area contributed by atoms with Crippen LogP contribution in [0.15, 0.2) is 42.1 Å². The van der Waals surface area contributed by atoms with Crippen molar-refractivity contribution in [3.8, 4) is 6.07 Å². The van der Waals surface area contributed by atoms with E-state index in [4.69, 9.17) is 5.26 Å². The second kappa shape index (κ2) is 7.38. The topological polar surface area (TPSA) is 77.8 Å². The number of benzene rings is 1. The minimum Gasteiger partial charge on any atom is -0.347 e. The molecular formula is C16H16N4OS. The molecule has 0 radical (unpaired) electrons. The number of carbonyl (C=O) groups excluding carboxylic acids is 1. The first-order valence-electron chi connectivity index (χ1n) is 6.73. The number of rotatable bonds is 5. The average molecular weight is 312 g/mol. The summed E-state index contributed by atoms with van der Waals surface area (Å²) >= 11 is 1.48. The molecule has 0 atom stereocenters. The quantitative estimate of drug-likeness (QED) is 0.657. The first kappa shape index (κ1) is 15.7. The summed E-state index contributed by atoms with van der Waals surface area (Å²) in [6, 6.07) is 11.4. The second-order valence-corrected chi connectivity index (χ2v) is 5.85. The van der Waals surface area contributed by atoms with Gasteiger partial charge in [-0.2, -0.15) is 5.26 Å². The number of hydrogen-bond acceptors (Lipinski definition) is 5. The van der Waals surface area contributed by atoms with Crippen molar-refractivity contribution in [1.29, 1.82) is 5.26 Å². The van der Waals surface area contributed by atoms with E-state index < -0.39 is 5.91 Å². The Morgan fingerprint density at radius 3 is 2.68 bits per heavy atom. The third-order valence-corrected chi connectivity index (χ3v) is 4.03. The van der Waals surface area contributed by atoms with Gasteiger partial charge in [0.1, 0.15) is 11.6 Å². The number of nitriles is 1. The van der Waals surface area contributed by atoms with E-state index in [-0.39, 0.29) is 5.57 Å². The highest BCUT2D eigenvalue weighted by molar-refractivity contribution is 7.15. The fourth-order valence-corrected chi connectivity index (χ4v) is 2.47. The smallest absolute Gasteiger partial charge is 0.263 e. The molecular weight excluding hydrogens is 296 g/mol. The van der Waals surface area contributed by atoms with Crippen molar-refractivity contribution in [2.24, 2.45) is 0 Å². The number of anilines is 1. The van der Waals surface area contributed by atoms with E-state index in [0.29, 0.717) is 11.7 Å². The van der Waals surface area contributed by atoms with Crippen LogP contribution in [0.3, 0.4) is 0 Å². The van der Waals surface area contributed by atoms with Gasteiger partial charge in [0.25, 0.3) is 5.91 Å². The number of nitrogens with one attached hydrogen (secondary N) is 2. The number of carbonyl (C=O) groups is 1. The van der Waals surface area contributed by atoms with Crippen LogP contribution in [0.1, 0.15) is 16.1 Å². The lowest BCUT2D eigenvalue weighted by Gasteiger charge is -2.04. The van der Waals surface area contributed by atoms with Crippen LogP contribution in [0.4, 0.5) is 5.13 Å². The molecule has 0 saturated heterocycles. The number of hydrogen-bond donors (Lipinski definition) is 2. The summed E-state index contributed by atoms with van der Waals surface area (Å²) in [6.07, 6.45) is 1.39. The molecule has 5 nitrogen and oxygen atoms in total. The number of aromatic nitrogens is 1. The van der Waals surface area contributed by atoms with Gasteiger partial charge in [-0.05, 0) is 19.4 Å². The van der Waals surface area contributed by atoms with Crippen LogP contribution >= 0.6 is 11.3 Å². The van der Waals surface area contributed by atoms with Gasteiger partial charge in [0.2, 0.25) is 0 Å². The van der Waals surface area contributed by atoms with Gasteiger partial charge in [-0.3, -0.25) is 4.79 Å². The van der Waals surface area contributed by atoms with Gasteiger partial charge >= 0.3 is 0 Å². The zero-order chi connectivity index (χ0) is 15.9.